The van der Waals surface area contributed by atoms with Crippen LogP contribution in [0.25, 0.3) is 0 Å². The number of ketones is 1. The Morgan fingerprint density at radius 2 is 2.10 bits per heavy atom. The number of hydrogen-bond acceptors (Lipinski definition) is 3. The molecule has 2 bridgehead atoms. The molecule has 0 saturated heterocycles. The fourth-order valence-corrected chi connectivity index (χ4v) is 4.29. The second kappa shape index (κ2) is 5.94. The van der Waals surface area contributed by atoms with Crippen LogP contribution in [0.2, 0.25) is 0 Å². The molecule has 0 aromatic carbocycles. The quantitative estimate of drug-likeness (QED) is 0.573. The number of hydrogen-bond donors (Lipinski definition) is 0. The van der Waals surface area contributed by atoms with Crippen molar-refractivity contribution in [3.8, 4) is 0 Å². The molecule has 3 unspecified atom stereocenters. The third-order valence-electron chi connectivity index (χ3n) is 5.80. The van der Waals surface area contributed by atoms with Gasteiger partial charge < -0.3 is 4.74 Å². The first-order valence-corrected chi connectivity index (χ1v) is 8.50. The monoisotopic (exact) mass is 290 g/mol. The maximum absolute atomic E-state index is 12.1. The lowest BCUT2D eigenvalue weighted by Gasteiger charge is -2.27. The summed E-state index contributed by atoms with van der Waals surface area (Å²) in [5.74, 6) is 1.25. The summed E-state index contributed by atoms with van der Waals surface area (Å²) in [4.78, 5) is 24.2. The second-order valence-electron chi connectivity index (χ2n) is 7.26. The molecule has 0 aliphatic heterocycles. The lowest BCUT2D eigenvalue weighted by Crippen LogP contribution is -2.28. The summed E-state index contributed by atoms with van der Waals surface area (Å²) in [5.41, 5.74) is -0.518. The Kier molecular flexibility index (Phi) is 4.19. The number of fused-ring (bicyclic) bond motifs is 2. The van der Waals surface area contributed by atoms with Gasteiger partial charge in [0.25, 0.3) is 0 Å². The van der Waals surface area contributed by atoms with E-state index in [1.54, 1.807) is 0 Å². The summed E-state index contributed by atoms with van der Waals surface area (Å²) in [5, 5.41) is 0. The number of Topliss-reactive ketones (excluding diaryl/α,β-unsaturated/α-hetero) is 1. The van der Waals surface area contributed by atoms with Gasteiger partial charge in [-0.05, 0) is 24.7 Å². The molecule has 0 aromatic heterocycles. The van der Waals surface area contributed by atoms with Crippen molar-refractivity contribution < 1.29 is 14.3 Å². The van der Waals surface area contributed by atoms with Crippen LogP contribution in [0.3, 0.4) is 0 Å². The molecule has 0 heterocycles. The minimum Gasteiger partial charge on any atom is -0.465 e. The zero-order chi connectivity index (χ0) is 14.9. The highest BCUT2D eigenvalue weighted by atomic mass is 16.5. The van der Waals surface area contributed by atoms with E-state index in [1.807, 2.05) is 12.2 Å². The highest BCUT2D eigenvalue weighted by Gasteiger charge is 2.50. The van der Waals surface area contributed by atoms with Gasteiger partial charge in [-0.15, -0.1) is 0 Å². The molecule has 116 valence electrons. The van der Waals surface area contributed by atoms with E-state index in [9.17, 15) is 9.59 Å². The summed E-state index contributed by atoms with van der Waals surface area (Å²) in [6.07, 6.45) is 12.4. The second-order valence-corrected chi connectivity index (χ2v) is 7.26. The zero-order valence-electron chi connectivity index (χ0n) is 13.0. The van der Waals surface area contributed by atoms with Gasteiger partial charge in [-0.3, -0.25) is 9.59 Å². The van der Waals surface area contributed by atoms with Gasteiger partial charge in [0, 0.05) is 5.92 Å². The van der Waals surface area contributed by atoms with E-state index in [0.717, 1.165) is 12.8 Å². The third kappa shape index (κ3) is 2.93. The van der Waals surface area contributed by atoms with Crippen molar-refractivity contribution in [3.63, 3.8) is 0 Å². The Hall–Kier alpha value is -1.12. The summed E-state index contributed by atoms with van der Waals surface area (Å²) in [6, 6.07) is 0. The number of ether oxygens (including phenoxy) is 1. The standard InChI is InChI=1S/C18H26O3/c1-13(14-5-3-2-4-6-14)12-21-16(19)11-18-9-7-15(8-10-18)17(18)20/h7,9,13-15H,2-6,8,10-12H2,1H3. The number of allylic oxidation sites excluding steroid dienone is 2. The summed E-state index contributed by atoms with van der Waals surface area (Å²) in [6.45, 7) is 2.70. The Bertz CT molecular complexity index is 447. The number of rotatable bonds is 5. The van der Waals surface area contributed by atoms with Crippen LogP contribution in [-0.2, 0) is 14.3 Å². The first kappa shape index (κ1) is 14.8. The smallest absolute Gasteiger partial charge is 0.307 e. The molecule has 3 nitrogen and oxygen atoms in total. The molecule has 3 aliphatic rings. The minimum absolute atomic E-state index is 0.0685. The maximum Gasteiger partial charge on any atom is 0.307 e. The molecule has 0 spiro atoms. The fraction of sp³-hybridized carbons (Fsp3) is 0.778. The molecular formula is C18H26O3. The van der Waals surface area contributed by atoms with Crippen LogP contribution in [0, 0.1) is 23.2 Å². The SMILES string of the molecule is CC(COC(=O)CC12C=CC(CC1)C2=O)C1CCCCC1. The molecule has 3 atom stereocenters. The van der Waals surface area contributed by atoms with E-state index >= 15 is 0 Å². The van der Waals surface area contributed by atoms with Crippen LogP contribution >= 0.6 is 0 Å². The molecule has 0 N–H and O–H groups in total. The van der Waals surface area contributed by atoms with Crippen LogP contribution in [0.1, 0.15) is 58.3 Å². The predicted octanol–water partition coefficient (Wildman–Crippen LogP) is 3.67. The van der Waals surface area contributed by atoms with E-state index in [-0.39, 0.29) is 24.1 Å². The van der Waals surface area contributed by atoms with Crippen LogP contribution in [0.4, 0.5) is 0 Å². The van der Waals surface area contributed by atoms with Gasteiger partial charge in [-0.2, -0.15) is 0 Å². The molecule has 21 heavy (non-hydrogen) atoms. The predicted molar refractivity (Wildman–Crippen MR) is 80.6 cm³/mol. The van der Waals surface area contributed by atoms with Crippen molar-refractivity contribution in [1.82, 2.24) is 0 Å². The Morgan fingerprint density at radius 3 is 2.67 bits per heavy atom. The Balaban J connectivity index is 1.46. The lowest BCUT2D eigenvalue weighted by atomic mass is 9.81. The highest BCUT2D eigenvalue weighted by molar-refractivity contribution is 5.97. The number of carbonyl (C=O) groups excluding carboxylic acids is 2. The summed E-state index contributed by atoms with van der Waals surface area (Å²) >= 11 is 0. The average molecular weight is 290 g/mol. The minimum atomic E-state index is -0.518. The normalized spacial score (nSPS) is 33.4. The topological polar surface area (TPSA) is 43.4 Å². The van der Waals surface area contributed by atoms with Crippen LogP contribution < -0.4 is 0 Å². The van der Waals surface area contributed by atoms with E-state index in [2.05, 4.69) is 6.92 Å². The van der Waals surface area contributed by atoms with Crippen molar-refractivity contribution in [3.05, 3.63) is 12.2 Å². The van der Waals surface area contributed by atoms with E-state index in [4.69, 9.17) is 4.74 Å². The number of carbonyl (C=O) groups is 2. The molecule has 2 saturated carbocycles. The van der Waals surface area contributed by atoms with Gasteiger partial charge in [-0.1, -0.05) is 51.2 Å². The van der Waals surface area contributed by atoms with Gasteiger partial charge in [-0.25, -0.2) is 0 Å². The molecule has 2 fully saturated rings. The summed E-state index contributed by atoms with van der Waals surface area (Å²) < 4.78 is 5.49. The van der Waals surface area contributed by atoms with Gasteiger partial charge in [0.1, 0.15) is 5.78 Å². The van der Waals surface area contributed by atoms with Crippen molar-refractivity contribution in [2.45, 2.75) is 58.3 Å². The first-order chi connectivity index (χ1) is 10.1. The van der Waals surface area contributed by atoms with Crippen LogP contribution in [0.5, 0.6) is 0 Å². The molecule has 0 aromatic rings. The van der Waals surface area contributed by atoms with E-state index in [0.29, 0.717) is 18.4 Å². The van der Waals surface area contributed by atoms with Crippen molar-refractivity contribution in [2.75, 3.05) is 6.61 Å². The highest BCUT2D eigenvalue weighted by Crippen LogP contribution is 2.48. The van der Waals surface area contributed by atoms with Crippen LogP contribution in [-0.4, -0.2) is 18.4 Å². The molecule has 0 radical (unpaired) electrons. The first-order valence-electron chi connectivity index (χ1n) is 8.50. The van der Waals surface area contributed by atoms with E-state index in [1.165, 1.54) is 32.1 Å². The Labute approximate surface area is 127 Å². The number of esters is 1. The molecular weight excluding hydrogens is 264 g/mol. The van der Waals surface area contributed by atoms with Crippen molar-refractivity contribution in [2.24, 2.45) is 23.2 Å². The third-order valence-corrected chi connectivity index (χ3v) is 5.80. The van der Waals surface area contributed by atoms with Crippen LogP contribution in [0.15, 0.2) is 12.2 Å². The molecule has 3 aliphatic carbocycles. The maximum atomic E-state index is 12.1. The molecule has 0 amide bonds. The Morgan fingerprint density at radius 1 is 1.33 bits per heavy atom. The van der Waals surface area contributed by atoms with Crippen molar-refractivity contribution in [1.29, 1.82) is 0 Å². The van der Waals surface area contributed by atoms with Crippen molar-refractivity contribution >= 4 is 11.8 Å². The summed E-state index contributed by atoms with van der Waals surface area (Å²) in [7, 11) is 0. The van der Waals surface area contributed by atoms with Gasteiger partial charge in [0.15, 0.2) is 0 Å². The molecule has 3 heteroatoms. The lowest BCUT2D eigenvalue weighted by molar-refractivity contribution is -0.149. The van der Waals surface area contributed by atoms with Gasteiger partial charge >= 0.3 is 5.97 Å². The van der Waals surface area contributed by atoms with Gasteiger partial charge in [0.2, 0.25) is 0 Å². The molecule has 3 rings (SSSR count). The fourth-order valence-electron chi connectivity index (χ4n) is 4.29. The zero-order valence-corrected chi connectivity index (χ0v) is 13.0. The van der Waals surface area contributed by atoms with Gasteiger partial charge in [0.05, 0.1) is 18.4 Å². The largest absolute Gasteiger partial charge is 0.465 e. The van der Waals surface area contributed by atoms with E-state index < -0.39 is 5.41 Å². The average Bonchev–Trinajstić information content (AvgIpc) is 2.98.